The van der Waals surface area contributed by atoms with Crippen molar-refractivity contribution in [1.82, 2.24) is 0 Å². The number of carbonyl (C=O) groups excluding carboxylic acids is 1. The summed E-state index contributed by atoms with van der Waals surface area (Å²) in [6.45, 7) is 1.15. The van der Waals surface area contributed by atoms with E-state index in [1.54, 1.807) is 7.11 Å². The molecule has 0 heterocycles. The van der Waals surface area contributed by atoms with Gasteiger partial charge in [-0.1, -0.05) is 0 Å². The molecule has 1 saturated carbocycles. The van der Waals surface area contributed by atoms with Gasteiger partial charge in [0.15, 0.2) is 5.54 Å². The molecular weight excluding hydrogens is 210 g/mol. The molecule has 94 valence electrons. The highest BCUT2D eigenvalue weighted by molar-refractivity contribution is 5.78. The molecule has 0 bridgehead atoms. The standard InChI is InChI=1S/C11H21NO4/c1-14-6-7-16-9-4-3-5-11(12,8-9)10(13)15-2/h9H,3-8,12H2,1-2H3/p+1. The van der Waals surface area contributed by atoms with E-state index in [4.69, 9.17) is 14.2 Å². The van der Waals surface area contributed by atoms with Crippen molar-refractivity contribution < 1.29 is 24.7 Å². The molecular formula is C11H22NO4+. The third kappa shape index (κ3) is 3.43. The second-order valence-electron chi connectivity index (χ2n) is 4.35. The van der Waals surface area contributed by atoms with E-state index < -0.39 is 5.54 Å². The minimum atomic E-state index is -0.620. The molecule has 0 aliphatic heterocycles. The van der Waals surface area contributed by atoms with Gasteiger partial charge in [-0.25, -0.2) is 4.79 Å². The number of hydrogen-bond acceptors (Lipinski definition) is 4. The summed E-state index contributed by atoms with van der Waals surface area (Å²) in [6, 6.07) is 0. The van der Waals surface area contributed by atoms with Crippen molar-refractivity contribution in [3.8, 4) is 0 Å². The first-order valence-electron chi connectivity index (χ1n) is 5.66. The zero-order valence-corrected chi connectivity index (χ0v) is 10.2. The van der Waals surface area contributed by atoms with Gasteiger partial charge in [0.2, 0.25) is 0 Å². The smallest absolute Gasteiger partial charge is 0.367 e. The van der Waals surface area contributed by atoms with Crippen LogP contribution in [0.5, 0.6) is 0 Å². The molecule has 5 heteroatoms. The van der Waals surface area contributed by atoms with Crippen molar-refractivity contribution in [2.75, 3.05) is 27.4 Å². The predicted octanol–water partition coefficient (Wildman–Crippen LogP) is -0.254. The van der Waals surface area contributed by atoms with Gasteiger partial charge in [-0.3, -0.25) is 0 Å². The Bertz CT molecular complexity index is 234. The van der Waals surface area contributed by atoms with E-state index >= 15 is 0 Å². The summed E-state index contributed by atoms with van der Waals surface area (Å²) < 4.78 is 15.3. The molecule has 3 N–H and O–H groups in total. The van der Waals surface area contributed by atoms with Crippen LogP contribution in [0.15, 0.2) is 0 Å². The van der Waals surface area contributed by atoms with Gasteiger partial charge in [0.25, 0.3) is 0 Å². The Morgan fingerprint density at radius 1 is 1.44 bits per heavy atom. The minimum absolute atomic E-state index is 0.0977. The van der Waals surface area contributed by atoms with Crippen LogP contribution in [-0.4, -0.2) is 45.0 Å². The number of carbonyl (C=O) groups is 1. The van der Waals surface area contributed by atoms with Crippen LogP contribution in [0.2, 0.25) is 0 Å². The van der Waals surface area contributed by atoms with E-state index in [-0.39, 0.29) is 12.1 Å². The van der Waals surface area contributed by atoms with Crippen LogP contribution in [-0.2, 0) is 19.0 Å². The zero-order valence-electron chi connectivity index (χ0n) is 10.2. The molecule has 0 saturated heterocycles. The minimum Gasteiger partial charge on any atom is -0.464 e. The molecule has 0 aromatic rings. The third-order valence-corrected chi connectivity index (χ3v) is 3.06. The largest absolute Gasteiger partial charge is 0.464 e. The van der Waals surface area contributed by atoms with Crippen molar-refractivity contribution >= 4 is 5.97 Å². The van der Waals surface area contributed by atoms with Gasteiger partial charge in [-0.2, -0.15) is 0 Å². The average Bonchev–Trinajstić information content (AvgIpc) is 2.28. The van der Waals surface area contributed by atoms with Gasteiger partial charge >= 0.3 is 5.97 Å². The molecule has 2 atom stereocenters. The Hall–Kier alpha value is -0.650. The molecule has 1 aliphatic rings. The third-order valence-electron chi connectivity index (χ3n) is 3.06. The molecule has 2 unspecified atom stereocenters. The van der Waals surface area contributed by atoms with Crippen LogP contribution < -0.4 is 5.73 Å². The maximum Gasteiger partial charge on any atom is 0.367 e. The SMILES string of the molecule is COCCOC1CCCC([NH3+])(C(=O)OC)C1. The highest BCUT2D eigenvalue weighted by Crippen LogP contribution is 2.27. The summed E-state index contributed by atoms with van der Waals surface area (Å²) in [5, 5.41) is 0. The molecule has 1 fully saturated rings. The van der Waals surface area contributed by atoms with Crippen molar-refractivity contribution in [3.05, 3.63) is 0 Å². The summed E-state index contributed by atoms with van der Waals surface area (Å²) in [4.78, 5) is 11.6. The van der Waals surface area contributed by atoms with Gasteiger partial charge in [-0.05, 0) is 12.8 Å². The van der Waals surface area contributed by atoms with Gasteiger partial charge in [0, 0.05) is 20.0 Å². The van der Waals surface area contributed by atoms with E-state index in [2.05, 4.69) is 5.73 Å². The lowest BCUT2D eigenvalue weighted by Crippen LogP contribution is -2.78. The number of ether oxygens (including phenoxy) is 3. The Labute approximate surface area is 96.2 Å². The van der Waals surface area contributed by atoms with E-state index in [9.17, 15) is 4.79 Å². The van der Waals surface area contributed by atoms with Gasteiger partial charge in [0.1, 0.15) is 0 Å². The molecule has 1 aliphatic carbocycles. The zero-order chi connectivity index (χ0) is 12.0. The Balaban J connectivity index is 2.43. The summed E-state index contributed by atoms with van der Waals surface area (Å²) in [7, 11) is 3.05. The first kappa shape index (κ1) is 13.4. The molecule has 0 amide bonds. The average molecular weight is 232 g/mol. The van der Waals surface area contributed by atoms with Gasteiger partial charge in [0.05, 0.1) is 26.4 Å². The fourth-order valence-corrected chi connectivity index (χ4v) is 2.15. The maximum absolute atomic E-state index is 11.6. The van der Waals surface area contributed by atoms with E-state index in [1.807, 2.05) is 0 Å². The van der Waals surface area contributed by atoms with Crippen LogP contribution in [0.3, 0.4) is 0 Å². The van der Waals surface area contributed by atoms with Crippen molar-refractivity contribution in [3.63, 3.8) is 0 Å². The first-order valence-corrected chi connectivity index (χ1v) is 5.66. The second kappa shape index (κ2) is 6.18. The molecule has 0 radical (unpaired) electrons. The van der Waals surface area contributed by atoms with Crippen LogP contribution in [0.4, 0.5) is 0 Å². The lowest BCUT2D eigenvalue weighted by molar-refractivity contribution is -0.472. The van der Waals surface area contributed by atoms with Gasteiger partial charge in [-0.15, -0.1) is 0 Å². The molecule has 0 aromatic carbocycles. The molecule has 1 rings (SSSR count). The number of quaternary nitrogens is 1. The predicted molar refractivity (Wildman–Crippen MR) is 57.7 cm³/mol. The first-order chi connectivity index (χ1) is 7.62. The number of hydrogen-bond donors (Lipinski definition) is 1. The van der Waals surface area contributed by atoms with E-state index in [0.717, 1.165) is 19.3 Å². The van der Waals surface area contributed by atoms with Crippen LogP contribution >= 0.6 is 0 Å². The number of esters is 1. The Morgan fingerprint density at radius 3 is 2.81 bits per heavy atom. The highest BCUT2D eigenvalue weighted by atomic mass is 16.5. The lowest BCUT2D eigenvalue weighted by atomic mass is 9.81. The molecule has 0 spiro atoms. The molecule has 16 heavy (non-hydrogen) atoms. The monoisotopic (exact) mass is 232 g/mol. The Morgan fingerprint density at radius 2 is 2.19 bits per heavy atom. The van der Waals surface area contributed by atoms with Crippen LogP contribution in [0, 0.1) is 0 Å². The van der Waals surface area contributed by atoms with Crippen LogP contribution in [0.1, 0.15) is 25.7 Å². The van der Waals surface area contributed by atoms with Crippen molar-refractivity contribution in [2.45, 2.75) is 37.3 Å². The fraction of sp³-hybridized carbons (Fsp3) is 0.909. The van der Waals surface area contributed by atoms with E-state index in [1.165, 1.54) is 7.11 Å². The van der Waals surface area contributed by atoms with Crippen molar-refractivity contribution in [1.29, 1.82) is 0 Å². The summed E-state index contributed by atoms with van der Waals surface area (Å²) in [6.07, 6.45) is 3.46. The van der Waals surface area contributed by atoms with Crippen molar-refractivity contribution in [2.24, 2.45) is 0 Å². The number of methoxy groups -OCH3 is 2. The van der Waals surface area contributed by atoms with Gasteiger partial charge < -0.3 is 19.9 Å². The van der Waals surface area contributed by atoms with Crippen LogP contribution in [0.25, 0.3) is 0 Å². The fourth-order valence-electron chi connectivity index (χ4n) is 2.15. The summed E-state index contributed by atoms with van der Waals surface area (Å²) >= 11 is 0. The number of rotatable bonds is 5. The highest BCUT2D eigenvalue weighted by Gasteiger charge is 2.44. The summed E-state index contributed by atoms with van der Waals surface area (Å²) in [5.41, 5.74) is 3.37. The summed E-state index contributed by atoms with van der Waals surface area (Å²) in [5.74, 6) is -0.229. The molecule has 5 nitrogen and oxygen atoms in total. The molecule has 0 aromatic heterocycles. The Kier molecular flexibility index (Phi) is 5.18. The lowest BCUT2D eigenvalue weighted by Gasteiger charge is -2.32. The maximum atomic E-state index is 11.6. The normalized spacial score (nSPS) is 30.1. The van der Waals surface area contributed by atoms with E-state index in [0.29, 0.717) is 19.6 Å². The topological polar surface area (TPSA) is 72.4 Å². The second-order valence-corrected chi connectivity index (χ2v) is 4.35. The quantitative estimate of drug-likeness (QED) is 0.524.